The predicted molar refractivity (Wildman–Crippen MR) is 63.5 cm³/mol. The Labute approximate surface area is 97.0 Å². The molecular formula is C12H21N3O. The van der Waals surface area contributed by atoms with Crippen LogP contribution in [0.5, 0.6) is 0 Å². The Balaban J connectivity index is 1.66. The zero-order valence-corrected chi connectivity index (χ0v) is 10.2. The van der Waals surface area contributed by atoms with Crippen LogP contribution in [0.1, 0.15) is 24.2 Å². The number of hydrogen-bond acceptors (Lipinski definition) is 3. The van der Waals surface area contributed by atoms with E-state index in [1.165, 1.54) is 18.5 Å². The van der Waals surface area contributed by atoms with E-state index in [1.807, 2.05) is 13.3 Å². The van der Waals surface area contributed by atoms with Crippen molar-refractivity contribution in [3.05, 3.63) is 17.7 Å². The van der Waals surface area contributed by atoms with Gasteiger partial charge in [-0.15, -0.1) is 0 Å². The maximum atomic E-state index is 5.55. The van der Waals surface area contributed by atoms with E-state index in [0.717, 1.165) is 31.9 Å². The molecule has 0 radical (unpaired) electrons. The number of ether oxygens (including phenoxy) is 1. The third kappa shape index (κ3) is 2.83. The molecule has 2 rings (SSSR count). The summed E-state index contributed by atoms with van der Waals surface area (Å²) >= 11 is 0. The van der Waals surface area contributed by atoms with Crippen molar-refractivity contribution in [3.8, 4) is 0 Å². The minimum absolute atomic E-state index is 0.436. The minimum atomic E-state index is 0.436. The summed E-state index contributed by atoms with van der Waals surface area (Å²) in [6, 6.07) is 0. The maximum Gasteiger partial charge on any atom is 0.0951 e. The Morgan fingerprint density at radius 3 is 3.06 bits per heavy atom. The third-order valence-electron chi connectivity index (χ3n) is 3.27. The molecule has 4 heteroatoms. The van der Waals surface area contributed by atoms with Crippen LogP contribution in [0.15, 0.2) is 6.33 Å². The number of rotatable bonds is 5. The summed E-state index contributed by atoms with van der Waals surface area (Å²) in [5.74, 6) is 0. The summed E-state index contributed by atoms with van der Waals surface area (Å²) in [5, 5.41) is 3.44. The van der Waals surface area contributed by atoms with Gasteiger partial charge in [-0.05, 0) is 26.7 Å². The summed E-state index contributed by atoms with van der Waals surface area (Å²) < 4.78 is 7.74. The molecule has 1 aliphatic rings. The molecule has 16 heavy (non-hydrogen) atoms. The molecule has 0 spiro atoms. The van der Waals surface area contributed by atoms with Crippen molar-refractivity contribution in [1.82, 2.24) is 14.9 Å². The van der Waals surface area contributed by atoms with E-state index in [4.69, 9.17) is 4.74 Å². The van der Waals surface area contributed by atoms with E-state index < -0.39 is 0 Å². The second kappa shape index (κ2) is 5.46. The fraction of sp³-hybridized carbons (Fsp3) is 0.750. The lowest BCUT2D eigenvalue weighted by Crippen LogP contribution is -2.29. The fourth-order valence-corrected chi connectivity index (χ4v) is 2.04. The molecule has 4 nitrogen and oxygen atoms in total. The first kappa shape index (κ1) is 11.6. The van der Waals surface area contributed by atoms with Gasteiger partial charge in [0.1, 0.15) is 0 Å². The van der Waals surface area contributed by atoms with E-state index in [2.05, 4.69) is 21.8 Å². The van der Waals surface area contributed by atoms with Gasteiger partial charge in [0.2, 0.25) is 0 Å². The Hall–Kier alpha value is -0.870. The van der Waals surface area contributed by atoms with Crippen LogP contribution >= 0.6 is 0 Å². The minimum Gasteiger partial charge on any atom is -0.377 e. The molecule has 1 saturated heterocycles. The van der Waals surface area contributed by atoms with Crippen molar-refractivity contribution in [2.45, 2.75) is 39.3 Å². The molecule has 2 heterocycles. The van der Waals surface area contributed by atoms with Crippen LogP contribution in [0.4, 0.5) is 0 Å². The van der Waals surface area contributed by atoms with E-state index in [-0.39, 0.29) is 0 Å². The van der Waals surface area contributed by atoms with Crippen molar-refractivity contribution in [1.29, 1.82) is 0 Å². The first-order chi connectivity index (χ1) is 7.77. The van der Waals surface area contributed by atoms with Crippen molar-refractivity contribution in [3.63, 3.8) is 0 Å². The highest BCUT2D eigenvalue weighted by atomic mass is 16.5. The smallest absolute Gasteiger partial charge is 0.0951 e. The van der Waals surface area contributed by atoms with Crippen molar-refractivity contribution < 1.29 is 4.74 Å². The zero-order valence-electron chi connectivity index (χ0n) is 10.2. The molecule has 1 aliphatic heterocycles. The lowest BCUT2D eigenvalue weighted by atomic mass is 10.2. The first-order valence-corrected chi connectivity index (χ1v) is 6.08. The summed E-state index contributed by atoms with van der Waals surface area (Å²) in [5.41, 5.74) is 2.39. The Kier molecular flexibility index (Phi) is 3.96. The maximum absolute atomic E-state index is 5.55. The lowest BCUT2D eigenvalue weighted by molar-refractivity contribution is 0.110. The van der Waals surface area contributed by atoms with Gasteiger partial charge < -0.3 is 14.6 Å². The third-order valence-corrected chi connectivity index (χ3v) is 3.27. The average Bonchev–Trinajstić information content (AvgIpc) is 2.88. The second-order valence-corrected chi connectivity index (χ2v) is 4.45. The normalized spacial score (nSPS) is 20.5. The van der Waals surface area contributed by atoms with Gasteiger partial charge in [0.25, 0.3) is 0 Å². The summed E-state index contributed by atoms with van der Waals surface area (Å²) in [7, 11) is 0. The molecule has 0 amide bonds. The Bertz CT molecular complexity index is 329. The predicted octanol–water partition coefficient (Wildman–Crippen LogP) is 1.27. The van der Waals surface area contributed by atoms with E-state index in [0.29, 0.717) is 6.10 Å². The van der Waals surface area contributed by atoms with Gasteiger partial charge in [-0.3, -0.25) is 0 Å². The molecule has 1 fully saturated rings. The van der Waals surface area contributed by atoms with E-state index >= 15 is 0 Å². The van der Waals surface area contributed by atoms with Gasteiger partial charge in [0, 0.05) is 31.9 Å². The van der Waals surface area contributed by atoms with Crippen LogP contribution in [-0.4, -0.2) is 35.4 Å². The highest BCUT2D eigenvalue weighted by Gasteiger charge is 2.14. The van der Waals surface area contributed by atoms with Crippen molar-refractivity contribution in [2.24, 2.45) is 0 Å². The van der Waals surface area contributed by atoms with Crippen LogP contribution < -0.4 is 5.32 Å². The van der Waals surface area contributed by atoms with E-state index in [1.54, 1.807) is 0 Å². The number of imidazole rings is 1. The van der Waals surface area contributed by atoms with Crippen LogP contribution in [-0.2, 0) is 11.3 Å². The monoisotopic (exact) mass is 223 g/mol. The molecule has 1 atom stereocenters. The molecule has 1 N–H and O–H groups in total. The molecule has 0 aromatic carbocycles. The molecule has 90 valence electrons. The first-order valence-electron chi connectivity index (χ1n) is 6.08. The number of aromatic nitrogens is 2. The van der Waals surface area contributed by atoms with E-state index in [9.17, 15) is 0 Å². The Morgan fingerprint density at radius 2 is 2.44 bits per heavy atom. The van der Waals surface area contributed by atoms with Gasteiger partial charge in [-0.1, -0.05) is 0 Å². The van der Waals surface area contributed by atoms with Crippen LogP contribution in [0, 0.1) is 13.8 Å². The van der Waals surface area contributed by atoms with Gasteiger partial charge in [0.15, 0.2) is 0 Å². The van der Waals surface area contributed by atoms with Crippen molar-refractivity contribution >= 4 is 0 Å². The largest absolute Gasteiger partial charge is 0.377 e. The lowest BCUT2D eigenvalue weighted by Gasteiger charge is -2.11. The zero-order chi connectivity index (χ0) is 11.4. The molecule has 0 bridgehead atoms. The molecule has 0 aliphatic carbocycles. The highest BCUT2D eigenvalue weighted by Crippen LogP contribution is 2.10. The number of nitrogens with one attached hydrogen (secondary N) is 1. The molecular weight excluding hydrogens is 202 g/mol. The quantitative estimate of drug-likeness (QED) is 0.764. The topological polar surface area (TPSA) is 39.1 Å². The van der Waals surface area contributed by atoms with Crippen LogP contribution in [0.3, 0.4) is 0 Å². The molecule has 1 unspecified atom stereocenters. The van der Waals surface area contributed by atoms with Crippen LogP contribution in [0.2, 0.25) is 0 Å². The van der Waals surface area contributed by atoms with Crippen molar-refractivity contribution in [2.75, 3.05) is 19.7 Å². The SMILES string of the molecule is Cc1ncn(CCNCC2CCCO2)c1C. The molecule has 1 aromatic rings. The Morgan fingerprint density at radius 1 is 1.56 bits per heavy atom. The average molecular weight is 223 g/mol. The summed E-state index contributed by atoms with van der Waals surface area (Å²) in [4.78, 5) is 4.28. The fourth-order valence-electron chi connectivity index (χ4n) is 2.04. The van der Waals surface area contributed by atoms with Crippen LogP contribution in [0.25, 0.3) is 0 Å². The molecule has 1 aromatic heterocycles. The highest BCUT2D eigenvalue weighted by molar-refractivity contribution is 5.08. The van der Waals surface area contributed by atoms with Gasteiger partial charge in [0.05, 0.1) is 18.1 Å². The summed E-state index contributed by atoms with van der Waals surface area (Å²) in [6.07, 6.45) is 4.77. The molecule has 0 saturated carbocycles. The summed E-state index contributed by atoms with van der Waals surface area (Å²) in [6.45, 7) is 8.04. The second-order valence-electron chi connectivity index (χ2n) is 4.45. The number of hydrogen-bond donors (Lipinski definition) is 1. The standard InChI is InChI=1S/C12H21N3O/c1-10-11(2)15(9-14-10)6-5-13-8-12-4-3-7-16-12/h9,12-13H,3-8H2,1-2H3. The van der Waals surface area contributed by atoms with Gasteiger partial charge in [-0.25, -0.2) is 4.98 Å². The van der Waals surface area contributed by atoms with Gasteiger partial charge >= 0.3 is 0 Å². The number of aryl methyl sites for hydroxylation is 1. The van der Waals surface area contributed by atoms with Gasteiger partial charge in [-0.2, -0.15) is 0 Å². The number of nitrogens with zero attached hydrogens (tertiary/aromatic N) is 2.